The first-order valence-corrected chi connectivity index (χ1v) is 44.7. The Morgan fingerprint density at radius 2 is 0.478 bits per heavy atom. The molecular formula is C96H88F24O14S4. The number of hydrogen-bond donors (Lipinski definition) is 12. The normalized spacial score (nSPS) is 14.2. The lowest BCUT2D eigenvalue weighted by Gasteiger charge is -2.33. The molecule has 42 heteroatoms. The molecule has 0 amide bonds. The molecule has 0 aliphatic rings. The number of benzene rings is 8. The van der Waals surface area contributed by atoms with E-state index < -0.39 is 94.1 Å². The molecule has 0 aliphatic heterocycles. The van der Waals surface area contributed by atoms with Gasteiger partial charge >= 0.3 is 71.8 Å². The number of thiophene rings is 4. The van der Waals surface area contributed by atoms with Crippen LogP contribution in [0, 0.1) is 13.8 Å². The molecule has 0 aliphatic carbocycles. The molecule has 12 rings (SSSR count). The van der Waals surface area contributed by atoms with Crippen LogP contribution in [0.2, 0.25) is 0 Å². The second kappa shape index (κ2) is 44.9. The highest BCUT2D eigenvalue weighted by molar-refractivity contribution is 7.14. The van der Waals surface area contributed by atoms with Crippen LogP contribution in [0.5, 0.6) is 11.5 Å². The summed E-state index contributed by atoms with van der Waals surface area (Å²) in [4.78, 5) is 0.785. The van der Waals surface area contributed by atoms with Gasteiger partial charge < -0.3 is 70.8 Å². The Morgan fingerprint density at radius 3 is 0.746 bits per heavy atom. The maximum absolute atomic E-state index is 15.1. The van der Waals surface area contributed by atoms with E-state index in [4.69, 9.17) is 9.47 Å². The van der Waals surface area contributed by atoms with Crippen LogP contribution in [0.3, 0.4) is 0 Å². The maximum Gasteiger partial charge on any atom is 0.459 e. The summed E-state index contributed by atoms with van der Waals surface area (Å²) in [5, 5.41) is 121. The SMILES string of the molecule is CCc1cccc(-c2cc(CCc3ccc(CO)c(CO)c3)cs2)c1C(O)(F)C(F)(F)C(F)(F)F.CCc1cccc(-c2cc(COc3ccc(CO)c(CO)c3)cs2)c1C(O)(F)C(F)(F)C(F)(F)F.Cc1cccc(-c2cc(CCc3ccc(CO)c(CO)c3)cs2)c1C(O)(F)C(F)(F)C(F)(F)F.Cc1cccc(-c2cc(COc3ccc(CO)c(CO)c3)cs2)c1C(O)(F)C(F)(F)C(F)(F)F. The summed E-state index contributed by atoms with van der Waals surface area (Å²) in [6, 6.07) is 40.8. The van der Waals surface area contributed by atoms with Gasteiger partial charge in [-0.15, -0.1) is 45.3 Å². The van der Waals surface area contributed by atoms with Crippen molar-refractivity contribution in [3.05, 3.63) is 314 Å². The second-order valence-corrected chi connectivity index (χ2v) is 35.0. The zero-order valence-corrected chi connectivity index (χ0v) is 75.9. The zero-order chi connectivity index (χ0) is 103. The van der Waals surface area contributed by atoms with Crippen molar-refractivity contribution in [1.29, 1.82) is 0 Å². The van der Waals surface area contributed by atoms with Crippen LogP contribution < -0.4 is 9.47 Å². The van der Waals surface area contributed by atoms with Crippen LogP contribution in [-0.2, 0) is 128 Å². The molecule has 0 radical (unpaired) electrons. The van der Waals surface area contributed by atoms with E-state index in [1.54, 1.807) is 94.3 Å². The first-order chi connectivity index (χ1) is 64.4. The number of aliphatic hydroxyl groups is 12. The van der Waals surface area contributed by atoms with E-state index in [1.807, 2.05) is 0 Å². The number of rotatable bonds is 34. The van der Waals surface area contributed by atoms with Crippen molar-refractivity contribution in [2.24, 2.45) is 0 Å². The lowest BCUT2D eigenvalue weighted by molar-refractivity contribution is -0.379. The molecule has 4 heterocycles. The van der Waals surface area contributed by atoms with Crippen molar-refractivity contribution in [3.8, 4) is 53.3 Å². The van der Waals surface area contributed by atoms with E-state index in [1.165, 1.54) is 92.7 Å². The van der Waals surface area contributed by atoms with Gasteiger partial charge in [0.25, 0.3) is 0 Å². The molecule has 4 unspecified atom stereocenters. The summed E-state index contributed by atoms with van der Waals surface area (Å²) in [7, 11) is 0. The van der Waals surface area contributed by atoms with Gasteiger partial charge in [-0.2, -0.15) is 105 Å². The number of hydrogen-bond acceptors (Lipinski definition) is 18. The number of aryl methyl sites for hydroxylation is 8. The minimum Gasteiger partial charge on any atom is -0.489 e. The number of alkyl halides is 24. The average molecular weight is 2050 g/mol. The topological polar surface area (TPSA) is 261 Å². The van der Waals surface area contributed by atoms with Gasteiger partial charge in [-0.1, -0.05) is 135 Å². The zero-order valence-electron chi connectivity index (χ0n) is 72.7. The maximum atomic E-state index is 15.1. The van der Waals surface area contributed by atoms with Gasteiger partial charge in [0.15, 0.2) is 0 Å². The number of aliphatic hydroxyl groups excluding tert-OH is 8. The quantitative estimate of drug-likeness (QED) is 0.0168. The van der Waals surface area contributed by atoms with E-state index in [9.17, 15) is 158 Å². The van der Waals surface area contributed by atoms with Gasteiger partial charge in [0.1, 0.15) is 24.7 Å². The number of halogens is 24. The van der Waals surface area contributed by atoms with Crippen LogP contribution in [-0.4, -0.2) is 110 Å². The summed E-state index contributed by atoms with van der Waals surface area (Å²) in [5.41, 5.74) is 2.10. The highest BCUT2D eigenvalue weighted by Gasteiger charge is 2.76. The van der Waals surface area contributed by atoms with E-state index in [0.717, 1.165) is 99.6 Å². The Bertz CT molecular complexity index is 5750. The van der Waals surface area contributed by atoms with E-state index in [-0.39, 0.29) is 143 Å². The van der Waals surface area contributed by atoms with Crippen LogP contribution in [0.1, 0.15) is 136 Å². The number of ether oxygens (including phenoxy) is 2. The minimum atomic E-state index is -6.32. The largest absolute Gasteiger partial charge is 0.489 e. The van der Waals surface area contributed by atoms with Crippen molar-refractivity contribution >= 4 is 45.3 Å². The van der Waals surface area contributed by atoms with Crippen molar-refractivity contribution in [3.63, 3.8) is 0 Å². The highest BCUT2D eigenvalue weighted by Crippen LogP contribution is 2.58. The van der Waals surface area contributed by atoms with Crippen LogP contribution in [0.15, 0.2) is 191 Å². The molecule has 0 spiro atoms. The van der Waals surface area contributed by atoms with Gasteiger partial charge in [-0.05, 0) is 211 Å². The Balaban J connectivity index is 0.000000206. The fourth-order valence-electron chi connectivity index (χ4n) is 14.6. The minimum absolute atomic E-state index is 0.0265. The highest BCUT2D eigenvalue weighted by atomic mass is 32.1. The Kier molecular flexibility index (Phi) is 36.3. The second-order valence-electron chi connectivity index (χ2n) is 31.3. The monoisotopic (exact) mass is 2050 g/mol. The molecule has 8 aromatic carbocycles. The van der Waals surface area contributed by atoms with Crippen molar-refractivity contribution < 1.29 is 176 Å². The molecule has 0 saturated carbocycles. The van der Waals surface area contributed by atoms with E-state index in [0.29, 0.717) is 92.8 Å². The first kappa shape index (κ1) is 112. The molecule has 0 saturated heterocycles. The van der Waals surface area contributed by atoms with Gasteiger partial charge in [0, 0.05) is 75.1 Å². The van der Waals surface area contributed by atoms with Crippen molar-refractivity contribution in [2.45, 2.75) is 204 Å². The van der Waals surface area contributed by atoms with Crippen molar-refractivity contribution in [2.75, 3.05) is 0 Å². The third-order valence-electron chi connectivity index (χ3n) is 22.2. The molecule has 138 heavy (non-hydrogen) atoms. The average Bonchev–Trinajstić information content (AvgIpc) is 0.913. The lowest BCUT2D eigenvalue weighted by Crippen LogP contribution is -2.53. The van der Waals surface area contributed by atoms with Gasteiger partial charge in [-0.3, -0.25) is 0 Å². The molecular weight excluding hydrogens is 1960 g/mol. The predicted molar refractivity (Wildman–Crippen MR) is 468 cm³/mol. The summed E-state index contributed by atoms with van der Waals surface area (Å²) in [6.45, 7) is 3.07. The van der Waals surface area contributed by atoms with Gasteiger partial charge in [-0.25, -0.2) is 0 Å². The summed E-state index contributed by atoms with van der Waals surface area (Å²) in [5.74, 6) is -43.3. The van der Waals surface area contributed by atoms with Crippen LogP contribution in [0.25, 0.3) is 41.8 Å². The molecule has 12 aromatic rings. The standard InChI is InChI=1S/C25H24F6O3S.C24H22F6O4S.C24H22F6O3S.C23H20F6O4S/c1-2-17-4-3-5-20(22(17)23(26,34)24(27,28)25(29,30)31)21-11-16(14-35-21)7-6-15-8-9-18(12-32)19(10-15)13-33;1-2-15-4-3-5-19(21(15)22(25,33)23(26,27)24(28,29)30)20-8-14(13-35-20)12-34-18-7-6-16(10-31)17(9-18)11-32;1-14-3-2-4-19(21(14)22(25,33)23(26,27)24(28,29)30)20-10-16(13-34-20)6-5-15-7-8-17(11-31)18(9-15)12-32;1-13-3-2-4-18(20(13)21(24,32)22(25,26)23(27,28)29)19-7-14(12-34-19)11-33-17-6-5-15(9-30)16(8-17)10-31/h3-5,8-11,14,32-34H,2,6-7,12-13H2,1H3;3-9,13,31-33H,2,10-12H2,1H3;2-4,7-10,13,31-33H,5-6,11-12H2,1H3;2-8,12,30-32H,9-11H2,1H3. The lowest BCUT2D eigenvalue weighted by atomic mass is 9.88. The molecule has 12 N–H and O–H groups in total. The molecule has 4 aromatic heterocycles. The third kappa shape index (κ3) is 24.1. The molecule has 4 atom stereocenters. The summed E-state index contributed by atoms with van der Waals surface area (Å²) in [6.07, 6.45) is -23.4. The molecule has 14 nitrogen and oxygen atoms in total. The fraction of sp³-hybridized carbons (Fsp3) is 0.333. The Morgan fingerprint density at radius 1 is 0.246 bits per heavy atom. The summed E-state index contributed by atoms with van der Waals surface area (Å²) >= 11 is 3.99. The Labute approximate surface area is 788 Å². The smallest absolute Gasteiger partial charge is 0.459 e. The fourth-order valence-corrected chi connectivity index (χ4v) is 18.5. The predicted octanol–water partition coefficient (Wildman–Crippen LogP) is 23.3. The third-order valence-corrected chi connectivity index (χ3v) is 26.2. The molecule has 0 bridgehead atoms. The molecule has 0 fully saturated rings. The van der Waals surface area contributed by atoms with Gasteiger partial charge in [0.05, 0.1) is 52.9 Å². The molecule has 748 valence electrons. The summed E-state index contributed by atoms with van der Waals surface area (Å²) < 4.78 is 338. The van der Waals surface area contributed by atoms with Gasteiger partial charge in [0.2, 0.25) is 0 Å². The van der Waals surface area contributed by atoms with E-state index >= 15 is 8.78 Å². The van der Waals surface area contributed by atoms with Crippen molar-refractivity contribution in [1.82, 2.24) is 0 Å². The van der Waals surface area contributed by atoms with Crippen LogP contribution in [0.4, 0.5) is 105 Å². The Hall–Kier alpha value is -10.0. The van der Waals surface area contributed by atoms with Crippen LogP contribution >= 0.6 is 45.3 Å². The van der Waals surface area contributed by atoms with E-state index in [2.05, 4.69) is 0 Å². The first-order valence-electron chi connectivity index (χ1n) is 41.2.